The summed E-state index contributed by atoms with van der Waals surface area (Å²) in [5.74, 6) is -0.562. The fourth-order valence-corrected chi connectivity index (χ4v) is 2.67. The summed E-state index contributed by atoms with van der Waals surface area (Å²) < 4.78 is 30.0. The molecule has 1 N–H and O–H groups in total. The van der Waals surface area contributed by atoms with E-state index >= 15 is 0 Å². The standard InChI is InChI=1S/C10H10FNO3S/c1-15-8-5-9-7(4-6(8)11)12-10(13)2-3-16(9)14/h4-5H,2-3H2,1H3,(H,12,13). The Morgan fingerprint density at radius 1 is 1.50 bits per heavy atom. The van der Waals surface area contributed by atoms with Gasteiger partial charge in [0, 0.05) is 24.3 Å². The lowest BCUT2D eigenvalue weighted by molar-refractivity contribution is -0.115. The number of nitrogens with one attached hydrogen (secondary N) is 1. The first-order valence-electron chi connectivity index (χ1n) is 4.67. The van der Waals surface area contributed by atoms with Gasteiger partial charge in [0.1, 0.15) is 0 Å². The molecule has 1 aliphatic heterocycles. The summed E-state index contributed by atoms with van der Waals surface area (Å²) >= 11 is 0. The van der Waals surface area contributed by atoms with E-state index in [-0.39, 0.29) is 29.5 Å². The van der Waals surface area contributed by atoms with Crippen molar-refractivity contribution in [3.63, 3.8) is 0 Å². The van der Waals surface area contributed by atoms with Crippen molar-refractivity contribution in [3.8, 4) is 5.75 Å². The van der Waals surface area contributed by atoms with Crippen LogP contribution in [0.1, 0.15) is 6.42 Å². The van der Waals surface area contributed by atoms with Crippen LogP contribution in [-0.4, -0.2) is 23.0 Å². The molecular weight excluding hydrogens is 233 g/mol. The third kappa shape index (κ3) is 1.92. The smallest absolute Gasteiger partial charge is 0.225 e. The predicted octanol–water partition coefficient (Wildman–Crippen LogP) is 1.28. The number of benzene rings is 1. The van der Waals surface area contributed by atoms with E-state index in [0.29, 0.717) is 4.90 Å². The summed E-state index contributed by atoms with van der Waals surface area (Å²) in [4.78, 5) is 11.7. The summed E-state index contributed by atoms with van der Waals surface area (Å²) in [6, 6.07) is 2.50. The van der Waals surface area contributed by atoms with Crippen molar-refractivity contribution in [2.45, 2.75) is 11.3 Å². The van der Waals surface area contributed by atoms with E-state index in [0.717, 1.165) is 6.07 Å². The van der Waals surface area contributed by atoms with Crippen LogP contribution in [0.5, 0.6) is 5.75 Å². The molecule has 0 saturated carbocycles. The van der Waals surface area contributed by atoms with E-state index in [9.17, 15) is 13.4 Å². The quantitative estimate of drug-likeness (QED) is 0.808. The number of hydrogen-bond donors (Lipinski definition) is 1. The third-order valence-electron chi connectivity index (χ3n) is 2.29. The minimum Gasteiger partial charge on any atom is -0.494 e. The molecule has 0 bridgehead atoms. The van der Waals surface area contributed by atoms with Gasteiger partial charge in [-0.25, -0.2) is 4.39 Å². The molecule has 1 heterocycles. The average Bonchev–Trinajstić information content (AvgIpc) is 2.38. The fourth-order valence-electron chi connectivity index (χ4n) is 1.49. The highest BCUT2D eigenvalue weighted by atomic mass is 32.2. The zero-order valence-corrected chi connectivity index (χ0v) is 9.40. The van der Waals surface area contributed by atoms with Crippen LogP contribution in [0.3, 0.4) is 0 Å². The maximum atomic E-state index is 13.4. The Labute approximate surface area is 94.3 Å². The van der Waals surface area contributed by atoms with E-state index in [1.54, 1.807) is 0 Å². The molecule has 0 spiro atoms. The van der Waals surface area contributed by atoms with E-state index in [2.05, 4.69) is 5.32 Å². The maximum Gasteiger partial charge on any atom is 0.225 e. The van der Waals surface area contributed by atoms with Gasteiger partial charge in [0.05, 0.1) is 28.5 Å². The number of fused-ring (bicyclic) bond motifs is 1. The van der Waals surface area contributed by atoms with Crippen LogP contribution in [0, 0.1) is 5.82 Å². The molecule has 1 unspecified atom stereocenters. The van der Waals surface area contributed by atoms with Crippen LogP contribution >= 0.6 is 0 Å². The van der Waals surface area contributed by atoms with Crippen LogP contribution in [0.2, 0.25) is 0 Å². The Hall–Kier alpha value is -1.43. The molecule has 0 saturated heterocycles. The van der Waals surface area contributed by atoms with Crippen LogP contribution < -0.4 is 10.1 Å². The fraction of sp³-hybridized carbons (Fsp3) is 0.300. The number of methoxy groups -OCH3 is 1. The lowest BCUT2D eigenvalue weighted by Crippen LogP contribution is -2.10. The molecule has 1 atom stereocenters. The Balaban J connectivity index is 2.55. The highest BCUT2D eigenvalue weighted by molar-refractivity contribution is 7.85. The lowest BCUT2D eigenvalue weighted by Gasteiger charge is -2.09. The molecule has 2 rings (SSSR count). The van der Waals surface area contributed by atoms with Gasteiger partial charge in [0.15, 0.2) is 11.6 Å². The topological polar surface area (TPSA) is 55.4 Å². The van der Waals surface area contributed by atoms with Crippen LogP contribution in [0.15, 0.2) is 17.0 Å². The van der Waals surface area contributed by atoms with Gasteiger partial charge in [-0.1, -0.05) is 0 Å². The third-order valence-corrected chi connectivity index (χ3v) is 3.69. The molecular formula is C10H10FNO3S. The summed E-state index contributed by atoms with van der Waals surface area (Å²) in [7, 11) is 0.0330. The zero-order valence-electron chi connectivity index (χ0n) is 8.58. The van der Waals surface area contributed by atoms with Crippen LogP contribution in [0.25, 0.3) is 0 Å². The minimum absolute atomic E-state index is 0.0308. The van der Waals surface area contributed by atoms with E-state index in [1.807, 2.05) is 0 Å². The average molecular weight is 243 g/mol. The molecule has 1 aromatic carbocycles. The number of hydrogen-bond acceptors (Lipinski definition) is 3. The van der Waals surface area contributed by atoms with Gasteiger partial charge < -0.3 is 10.1 Å². The van der Waals surface area contributed by atoms with Crippen molar-refractivity contribution < 1.29 is 18.1 Å². The summed E-state index contributed by atoms with van der Waals surface area (Å²) in [6.07, 6.45) is 0.172. The lowest BCUT2D eigenvalue weighted by atomic mass is 10.2. The van der Waals surface area contributed by atoms with Gasteiger partial charge in [0.2, 0.25) is 5.91 Å². The van der Waals surface area contributed by atoms with Crippen LogP contribution in [-0.2, 0) is 15.6 Å². The molecule has 1 aromatic rings. The first-order valence-corrected chi connectivity index (χ1v) is 5.99. The minimum atomic E-state index is -1.30. The second kappa shape index (κ2) is 4.21. The highest BCUT2D eigenvalue weighted by Gasteiger charge is 2.21. The van der Waals surface area contributed by atoms with Gasteiger partial charge in [-0.05, 0) is 0 Å². The first kappa shape index (κ1) is 11.1. The highest BCUT2D eigenvalue weighted by Crippen LogP contribution is 2.30. The number of amides is 1. The van der Waals surface area contributed by atoms with Gasteiger partial charge >= 0.3 is 0 Å². The molecule has 0 aromatic heterocycles. The van der Waals surface area contributed by atoms with Gasteiger partial charge in [-0.15, -0.1) is 0 Å². The normalized spacial score (nSPS) is 19.6. The second-order valence-corrected chi connectivity index (χ2v) is 4.87. The van der Waals surface area contributed by atoms with E-state index < -0.39 is 16.6 Å². The van der Waals surface area contributed by atoms with Crippen LogP contribution in [0.4, 0.5) is 10.1 Å². The largest absolute Gasteiger partial charge is 0.494 e. The molecule has 1 amide bonds. The Morgan fingerprint density at radius 2 is 2.25 bits per heavy atom. The monoisotopic (exact) mass is 243 g/mol. The number of anilines is 1. The van der Waals surface area contributed by atoms with Crippen molar-refractivity contribution in [2.24, 2.45) is 0 Å². The van der Waals surface area contributed by atoms with Crippen molar-refractivity contribution in [2.75, 3.05) is 18.2 Å². The molecule has 4 nitrogen and oxygen atoms in total. The van der Waals surface area contributed by atoms with Crippen molar-refractivity contribution >= 4 is 22.4 Å². The Bertz CT molecular complexity index is 475. The molecule has 86 valence electrons. The summed E-state index contributed by atoms with van der Waals surface area (Å²) in [5.41, 5.74) is 0.263. The number of rotatable bonds is 1. The molecule has 6 heteroatoms. The van der Waals surface area contributed by atoms with E-state index in [1.165, 1.54) is 13.2 Å². The SMILES string of the molecule is COc1cc2c(cc1F)NC(=O)CCS2=O. The molecule has 16 heavy (non-hydrogen) atoms. The molecule has 1 aliphatic rings. The van der Waals surface area contributed by atoms with Crippen molar-refractivity contribution in [1.29, 1.82) is 0 Å². The van der Waals surface area contributed by atoms with Gasteiger partial charge in [-0.2, -0.15) is 0 Å². The Kier molecular flexibility index (Phi) is 2.91. The summed E-state index contributed by atoms with van der Waals surface area (Å²) in [5, 5.41) is 2.52. The number of halogens is 1. The van der Waals surface area contributed by atoms with E-state index in [4.69, 9.17) is 4.74 Å². The van der Waals surface area contributed by atoms with Gasteiger partial charge in [-0.3, -0.25) is 9.00 Å². The number of ether oxygens (including phenoxy) is 1. The first-order chi connectivity index (χ1) is 7.61. The predicted molar refractivity (Wildman–Crippen MR) is 57.5 cm³/mol. The van der Waals surface area contributed by atoms with Crippen molar-refractivity contribution in [1.82, 2.24) is 0 Å². The Morgan fingerprint density at radius 3 is 2.94 bits per heavy atom. The van der Waals surface area contributed by atoms with Crippen molar-refractivity contribution in [3.05, 3.63) is 17.9 Å². The molecule has 0 aliphatic carbocycles. The number of carbonyl (C=O) groups is 1. The molecule has 0 fully saturated rings. The zero-order chi connectivity index (χ0) is 11.7. The maximum absolute atomic E-state index is 13.4. The molecule has 0 radical (unpaired) electrons. The second-order valence-electron chi connectivity index (χ2n) is 3.33. The number of carbonyl (C=O) groups excluding carboxylic acids is 1. The summed E-state index contributed by atoms with van der Waals surface area (Å²) in [6.45, 7) is 0. The van der Waals surface area contributed by atoms with Gasteiger partial charge in [0.25, 0.3) is 0 Å².